The van der Waals surface area contributed by atoms with Crippen molar-refractivity contribution in [1.29, 1.82) is 0 Å². The normalized spacial score (nSPS) is 24.9. The summed E-state index contributed by atoms with van der Waals surface area (Å²) in [5.41, 5.74) is 0.850. The van der Waals surface area contributed by atoms with Gasteiger partial charge in [-0.05, 0) is 50.4 Å². The van der Waals surface area contributed by atoms with Crippen molar-refractivity contribution < 1.29 is 9.84 Å². The van der Waals surface area contributed by atoms with Gasteiger partial charge in [0.25, 0.3) is 0 Å². The molecule has 0 radical (unpaired) electrons. The lowest BCUT2D eigenvalue weighted by molar-refractivity contribution is 0.0582. The van der Waals surface area contributed by atoms with Gasteiger partial charge in [0.15, 0.2) is 5.75 Å². The van der Waals surface area contributed by atoms with Crippen LogP contribution in [0.4, 0.5) is 0 Å². The third-order valence-corrected chi connectivity index (χ3v) is 4.85. The van der Waals surface area contributed by atoms with E-state index in [0.29, 0.717) is 11.7 Å². The SMILES string of the molecule is CCn1ncc(OC)c1C(O)C1CCC(C(C)C)CC1. The van der Waals surface area contributed by atoms with Gasteiger partial charge in [0.1, 0.15) is 11.8 Å². The fourth-order valence-electron chi connectivity index (χ4n) is 3.44. The third-order valence-electron chi connectivity index (χ3n) is 4.85. The molecule has 20 heavy (non-hydrogen) atoms. The number of aryl methyl sites for hydroxylation is 1. The Kier molecular flexibility index (Phi) is 5.08. The van der Waals surface area contributed by atoms with E-state index in [1.54, 1.807) is 13.3 Å². The Morgan fingerprint density at radius 3 is 2.40 bits per heavy atom. The van der Waals surface area contributed by atoms with Crippen molar-refractivity contribution in [2.24, 2.45) is 17.8 Å². The number of ether oxygens (including phenoxy) is 1. The Labute approximate surface area is 122 Å². The van der Waals surface area contributed by atoms with Gasteiger partial charge in [-0.2, -0.15) is 5.10 Å². The van der Waals surface area contributed by atoms with E-state index in [2.05, 4.69) is 18.9 Å². The minimum Gasteiger partial charge on any atom is -0.493 e. The van der Waals surface area contributed by atoms with Gasteiger partial charge in [-0.3, -0.25) is 4.68 Å². The largest absolute Gasteiger partial charge is 0.493 e. The average molecular weight is 280 g/mol. The lowest BCUT2D eigenvalue weighted by Crippen LogP contribution is -2.24. The van der Waals surface area contributed by atoms with Crippen LogP contribution < -0.4 is 4.74 Å². The number of aliphatic hydroxyl groups is 1. The summed E-state index contributed by atoms with van der Waals surface area (Å²) in [6.45, 7) is 7.41. The highest BCUT2D eigenvalue weighted by molar-refractivity contribution is 5.27. The number of methoxy groups -OCH3 is 1. The van der Waals surface area contributed by atoms with Crippen LogP contribution in [0.1, 0.15) is 58.3 Å². The Hall–Kier alpha value is -1.03. The van der Waals surface area contributed by atoms with Crippen LogP contribution in [0.2, 0.25) is 0 Å². The van der Waals surface area contributed by atoms with Crippen LogP contribution in [-0.4, -0.2) is 22.0 Å². The molecular weight excluding hydrogens is 252 g/mol. The number of hydrogen-bond acceptors (Lipinski definition) is 3. The molecule has 1 aliphatic rings. The van der Waals surface area contributed by atoms with Crippen molar-refractivity contribution >= 4 is 0 Å². The quantitative estimate of drug-likeness (QED) is 0.899. The molecule has 1 N–H and O–H groups in total. The van der Waals surface area contributed by atoms with Gasteiger partial charge in [-0.15, -0.1) is 0 Å². The summed E-state index contributed by atoms with van der Waals surface area (Å²) in [6.07, 6.45) is 5.90. The second-order valence-electron chi connectivity index (χ2n) is 6.28. The monoisotopic (exact) mass is 280 g/mol. The van der Waals surface area contributed by atoms with Crippen LogP contribution in [0.15, 0.2) is 6.20 Å². The molecule has 0 spiro atoms. The van der Waals surface area contributed by atoms with Gasteiger partial charge in [0, 0.05) is 6.54 Å². The summed E-state index contributed by atoms with van der Waals surface area (Å²) >= 11 is 0. The summed E-state index contributed by atoms with van der Waals surface area (Å²) in [5.74, 6) is 2.62. The maximum atomic E-state index is 10.7. The number of hydrogen-bond donors (Lipinski definition) is 1. The van der Waals surface area contributed by atoms with Crippen molar-refractivity contribution in [1.82, 2.24) is 9.78 Å². The van der Waals surface area contributed by atoms with E-state index in [9.17, 15) is 5.11 Å². The predicted octanol–water partition coefficient (Wildman–Crippen LogP) is 3.41. The molecular formula is C16H28N2O2. The Bertz CT molecular complexity index is 399. The molecule has 4 heteroatoms. The molecule has 1 aromatic rings. The second-order valence-corrected chi connectivity index (χ2v) is 6.28. The topological polar surface area (TPSA) is 47.3 Å². The summed E-state index contributed by atoms with van der Waals surface area (Å²) < 4.78 is 7.21. The predicted molar refractivity (Wildman–Crippen MR) is 79.7 cm³/mol. The Morgan fingerprint density at radius 1 is 1.30 bits per heavy atom. The maximum absolute atomic E-state index is 10.7. The van der Waals surface area contributed by atoms with Crippen LogP contribution >= 0.6 is 0 Å². The van der Waals surface area contributed by atoms with E-state index in [1.807, 2.05) is 11.6 Å². The molecule has 1 aliphatic carbocycles. The molecule has 1 saturated carbocycles. The lowest BCUT2D eigenvalue weighted by Gasteiger charge is -2.33. The molecule has 1 fully saturated rings. The molecule has 0 aromatic carbocycles. The number of nitrogens with zero attached hydrogens (tertiary/aromatic N) is 2. The molecule has 0 amide bonds. The maximum Gasteiger partial charge on any atom is 0.162 e. The molecule has 1 unspecified atom stereocenters. The van der Waals surface area contributed by atoms with Gasteiger partial charge in [0.2, 0.25) is 0 Å². The highest BCUT2D eigenvalue weighted by Gasteiger charge is 2.32. The zero-order valence-electron chi connectivity index (χ0n) is 13.2. The standard InChI is InChI=1S/C16H28N2O2/c1-5-18-15(14(20-4)10-17-18)16(19)13-8-6-12(7-9-13)11(2)3/h10-13,16,19H,5-9H2,1-4H3. The van der Waals surface area contributed by atoms with Crippen LogP contribution in [-0.2, 0) is 6.54 Å². The number of aliphatic hydroxyl groups excluding tert-OH is 1. The molecule has 0 saturated heterocycles. The molecule has 1 aromatic heterocycles. The highest BCUT2D eigenvalue weighted by Crippen LogP contribution is 2.41. The van der Waals surface area contributed by atoms with Gasteiger partial charge < -0.3 is 9.84 Å². The first kappa shape index (κ1) is 15.4. The summed E-state index contributed by atoms with van der Waals surface area (Å²) in [7, 11) is 1.64. The van der Waals surface area contributed by atoms with Gasteiger partial charge in [0.05, 0.1) is 13.3 Å². The van der Waals surface area contributed by atoms with Gasteiger partial charge in [-0.25, -0.2) is 0 Å². The smallest absolute Gasteiger partial charge is 0.162 e. The van der Waals surface area contributed by atoms with Crippen molar-refractivity contribution in [3.63, 3.8) is 0 Å². The van der Waals surface area contributed by atoms with Crippen LogP contribution in [0.25, 0.3) is 0 Å². The van der Waals surface area contributed by atoms with E-state index in [0.717, 1.165) is 36.9 Å². The number of rotatable bonds is 5. The second kappa shape index (κ2) is 6.61. The zero-order chi connectivity index (χ0) is 14.7. The Balaban J connectivity index is 2.08. The summed E-state index contributed by atoms with van der Waals surface area (Å²) in [4.78, 5) is 0. The van der Waals surface area contributed by atoms with Crippen LogP contribution in [0.5, 0.6) is 5.75 Å². The van der Waals surface area contributed by atoms with E-state index < -0.39 is 6.10 Å². The van der Waals surface area contributed by atoms with E-state index in [-0.39, 0.29) is 0 Å². The number of aromatic nitrogens is 2. The molecule has 114 valence electrons. The molecule has 0 bridgehead atoms. The summed E-state index contributed by atoms with van der Waals surface area (Å²) in [6, 6.07) is 0. The van der Waals surface area contributed by atoms with Crippen molar-refractivity contribution in [3.8, 4) is 5.75 Å². The third kappa shape index (κ3) is 3.00. The first-order chi connectivity index (χ1) is 9.58. The minimum atomic E-state index is -0.458. The summed E-state index contributed by atoms with van der Waals surface area (Å²) in [5, 5.41) is 15.0. The van der Waals surface area contributed by atoms with Crippen molar-refractivity contribution in [2.45, 2.75) is 59.1 Å². The molecule has 0 aliphatic heterocycles. The lowest BCUT2D eigenvalue weighted by atomic mass is 9.74. The molecule has 4 nitrogen and oxygen atoms in total. The average Bonchev–Trinajstić information content (AvgIpc) is 2.89. The fourth-order valence-corrected chi connectivity index (χ4v) is 3.44. The Morgan fingerprint density at radius 2 is 1.90 bits per heavy atom. The fraction of sp³-hybridized carbons (Fsp3) is 0.812. The van der Waals surface area contributed by atoms with Crippen LogP contribution in [0.3, 0.4) is 0 Å². The van der Waals surface area contributed by atoms with Gasteiger partial charge >= 0.3 is 0 Å². The highest BCUT2D eigenvalue weighted by atomic mass is 16.5. The van der Waals surface area contributed by atoms with Gasteiger partial charge in [-0.1, -0.05) is 13.8 Å². The van der Waals surface area contributed by atoms with Crippen LogP contribution in [0, 0.1) is 17.8 Å². The molecule has 1 atom stereocenters. The van der Waals surface area contributed by atoms with E-state index in [4.69, 9.17) is 4.74 Å². The van der Waals surface area contributed by atoms with E-state index >= 15 is 0 Å². The molecule has 1 heterocycles. The first-order valence-electron chi connectivity index (χ1n) is 7.86. The first-order valence-corrected chi connectivity index (χ1v) is 7.86. The van der Waals surface area contributed by atoms with Crippen molar-refractivity contribution in [3.05, 3.63) is 11.9 Å². The minimum absolute atomic E-state index is 0.334. The van der Waals surface area contributed by atoms with Crippen molar-refractivity contribution in [2.75, 3.05) is 7.11 Å². The zero-order valence-corrected chi connectivity index (χ0v) is 13.2. The van der Waals surface area contributed by atoms with E-state index in [1.165, 1.54) is 12.8 Å². The molecule has 2 rings (SSSR count).